The lowest BCUT2D eigenvalue weighted by atomic mass is 9.74. The highest BCUT2D eigenvalue weighted by Crippen LogP contribution is 2.39. The Bertz CT molecular complexity index is 577. The molecule has 2 fully saturated rings. The number of methoxy groups -OCH3 is 2. The summed E-state index contributed by atoms with van der Waals surface area (Å²) in [4.78, 5) is 24.1. The van der Waals surface area contributed by atoms with E-state index in [4.69, 9.17) is 9.47 Å². The normalized spacial score (nSPS) is 19.1. The van der Waals surface area contributed by atoms with Gasteiger partial charge in [-0.2, -0.15) is 0 Å². The van der Waals surface area contributed by atoms with Crippen LogP contribution in [0, 0.1) is 17.3 Å². The molecule has 2 aliphatic rings. The summed E-state index contributed by atoms with van der Waals surface area (Å²) in [5.74, 6) is 0.205. The molecule has 0 amide bonds. The summed E-state index contributed by atoms with van der Waals surface area (Å²) in [6, 6.07) is 0. The molecule has 0 saturated heterocycles. The summed E-state index contributed by atoms with van der Waals surface area (Å²) < 4.78 is 9.58. The fraction of sp³-hybridized carbons (Fsp3) is 0.708. The van der Waals surface area contributed by atoms with Gasteiger partial charge in [-0.05, 0) is 62.5 Å². The van der Waals surface area contributed by atoms with Gasteiger partial charge in [-0.3, -0.25) is 9.59 Å². The zero-order valence-electron chi connectivity index (χ0n) is 17.8. The quantitative estimate of drug-likeness (QED) is 0.249. The molecule has 156 valence electrons. The average molecular weight is 389 g/mol. The first-order valence-electron chi connectivity index (χ1n) is 10.8. The molecule has 0 aromatic rings. The molecule has 0 N–H and O–H groups in total. The lowest BCUT2D eigenvalue weighted by Crippen LogP contribution is -2.38. The Hall–Kier alpha value is -1.80. The second-order valence-corrected chi connectivity index (χ2v) is 8.38. The van der Waals surface area contributed by atoms with Gasteiger partial charge in [-0.15, -0.1) is 5.73 Å². The number of ether oxygens (including phenoxy) is 2. The molecule has 0 atom stereocenters. The molecular formula is C24H36O4. The summed E-state index contributed by atoms with van der Waals surface area (Å²) in [5, 5.41) is 0. The number of rotatable bonds is 7. The van der Waals surface area contributed by atoms with Gasteiger partial charge in [0.1, 0.15) is 0 Å². The average Bonchev–Trinajstić information content (AvgIpc) is 2.76. The van der Waals surface area contributed by atoms with Crippen molar-refractivity contribution in [2.24, 2.45) is 17.3 Å². The molecule has 0 bridgehead atoms. The van der Waals surface area contributed by atoms with Crippen molar-refractivity contribution in [3.05, 3.63) is 29.5 Å². The van der Waals surface area contributed by atoms with Crippen LogP contribution in [0.1, 0.15) is 77.6 Å². The first-order valence-corrected chi connectivity index (χ1v) is 10.8. The number of allylic oxidation sites excluding steroid dienone is 3. The van der Waals surface area contributed by atoms with E-state index in [2.05, 4.69) is 5.73 Å². The van der Waals surface area contributed by atoms with Crippen molar-refractivity contribution in [3.63, 3.8) is 0 Å². The zero-order valence-corrected chi connectivity index (χ0v) is 17.8. The Labute approximate surface area is 170 Å². The van der Waals surface area contributed by atoms with E-state index in [1.165, 1.54) is 84.0 Å². The smallest absolute Gasteiger partial charge is 0.323 e. The van der Waals surface area contributed by atoms with E-state index in [-0.39, 0.29) is 6.42 Å². The van der Waals surface area contributed by atoms with Crippen molar-refractivity contribution in [2.45, 2.75) is 77.6 Å². The first-order chi connectivity index (χ1) is 13.5. The summed E-state index contributed by atoms with van der Waals surface area (Å²) in [6.45, 7) is 1.56. The molecule has 4 heteroatoms. The molecule has 0 aromatic carbocycles. The highest BCUT2D eigenvalue weighted by Gasteiger charge is 2.42. The van der Waals surface area contributed by atoms with Crippen molar-refractivity contribution in [2.75, 3.05) is 14.2 Å². The summed E-state index contributed by atoms with van der Waals surface area (Å²) in [5.41, 5.74) is 3.80. The minimum Gasteiger partial charge on any atom is -0.468 e. The molecule has 28 heavy (non-hydrogen) atoms. The third-order valence-corrected chi connectivity index (χ3v) is 6.37. The van der Waals surface area contributed by atoms with Gasteiger partial charge in [-0.25, -0.2) is 0 Å². The third-order valence-electron chi connectivity index (χ3n) is 6.37. The maximum absolute atomic E-state index is 12.0. The second kappa shape index (κ2) is 11.3. The van der Waals surface area contributed by atoms with Crippen molar-refractivity contribution >= 4 is 11.9 Å². The fourth-order valence-electron chi connectivity index (χ4n) is 4.61. The van der Waals surface area contributed by atoms with Crippen molar-refractivity contribution in [1.29, 1.82) is 0 Å². The maximum atomic E-state index is 12.0. The molecule has 0 heterocycles. The minimum absolute atomic E-state index is 0.243. The van der Waals surface area contributed by atoms with Crippen LogP contribution < -0.4 is 0 Å². The van der Waals surface area contributed by atoms with Crippen LogP contribution in [0.4, 0.5) is 0 Å². The number of carbonyl (C=O) groups excluding carboxylic acids is 2. The standard InChI is InChI=1S/C24H36O4/c1-24(22(25)27-2,23(26)28-3)18-12-6-11-17-21(19-13-7-4-8-14-19)20-15-9-5-10-16-20/h6,11-12,19-20H,4-5,7-10,13-16,18H2,1-3H3/b12-6+. The van der Waals surface area contributed by atoms with Crippen LogP contribution in [0.25, 0.3) is 0 Å². The van der Waals surface area contributed by atoms with Crippen molar-refractivity contribution < 1.29 is 19.1 Å². The van der Waals surface area contributed by atoms with Gasteiger partial charge in [0.15, 0.2) is 5.41 Å². The highest BCUT2D eigenvalue weighted by molar-refractivity contribution is 5.99. The van der Waals surface area contributed by atoms with E-state index < -0.39 is 17.4 Å². The lowest BCUT2D eigenvalue weighted by molar-refractivity contribution is -0.167. The number of carbonyl (C=O) groups is 2. The molecule has 4 nitrogen and oxygen atoms in total. The molecule has 0 radical (unpaired) electrons. The van der Waals surface area contributed by atoms with Crippen LogP contribution in [0.5, 0.6) is 0 Å². The largest absolute Gasteiger partial charge is 0.468 e. The summed E-state index contributed by atoms with van der Waals surface area (Å²) in [7, 11) is 2.58. The van der Waals surface area contributed by atoms with E-state index >= 15 is 0 Å². The second-order valence-electron chi connectivity index (χ2n) is 8.38. The van der Waals surface area contributed by atoms with Gasteiger partial charge in [0.25, 0.3) is 0 Å². The minimum atomic E-state index is -1.31. The van der Waals surface area contributed by atoms with Gasteiger partial charge in [-0.1, -0.05) is 50.7 Å². The van der Waals surface area contributed by atoms with Gasteiger partial charge < -0.3 is 9.47 Å². The molecule has 0 aliphatic heterocycles. The van der Waals surface area contributed by atoms with E-state index in [0.717, 1.165) is 0 Å². The van der Waals surface area contributed by atoms with Gasteiger partial charge in [0, 0.05) is 0 Å². The van der Waals surface area contributed by atoms with Crippen LogP contribution in [-0.4, -0.2) is 26.2 Å². The molecular weight excluding hydrogens is 352 g/mol. The Morgan fingerprint density at radius 1 is 0.893 bits per heavy atom. The van der Waals surface area contributed by atoms with E-state index in [9.17, 15) is 9.59 Å². The molecule has 2 aliphatic carbocycles. The first kappa shape index (κ1) is 22.5. The third kappa shape index (κ3) is 5.85. The van der Waals surface area contributed by atoms with E-state index in [1.54, 1.807) is 6.92 Å². The Morgan fingerprint density at radius 3 is 1.79 bits per heavy atom. The highest BCUT2D eigenvalue weighted by atomic mass is 16.5. The number of esters is 2. The topological polar surface area (TPSA) is 52.6 Å². The Kier molecular flexibility index (Phi) is 9.05. The van der Waals surface area contributed by atoms with Gasteiger partial charge >= 0.3 is 11.9 Å². The predicted octanol–water partition coefficient (Wildman–Crippen LogP) is 5.53. The van der Waals surface area contributed by atoms with Gasteiger partial charge in [0.05, 0.1) is 14.2 Å². The number of hydrogen-bond donors (Lipinski definition) is 0. The Balaban J connectivity index is 2.13. The lowest BCUT2D eigenvalue weighted by Gasteiger charge is -2.31. The molecule has 2 saturated carbocycles. The SMILES string of the molecule is COC(=O)C(C)(C/C=C/C=C=C(C1CCCCC1)C1CCCCC1)C(=O)OC. The molecule has 0 unspecified atom stereocenters. The van der Waals surface area contributed by atoms with Crippen LogP contribution in [0.3, 0.4) is 0 Å². The monoisotopic (exact) mass is 388 g/mol. The van der Waals surface area contributed by atoms with Crippen molar-refractivity contribution in [1.82, 2.24) is 0 Å². The molecule has 0 aromatic heterocycles. The number of hydrogen-bond acceptors (Lipinski definition) is 4. The van der Waals surface area contributed by atoms with E-state index in [1.807, 2.05) is 18.2 Å². The van der Waals surface area contributed by atoms with Crippen LogP contribution >= 0.6 is 0 Å². The van der Waals surface area contributed by atoms with Crippen LogP contribution in [-0.2, 0) is 19.1 Å². The molecule has 0 spiro atoms. The van der Waals surface area contributed by atoms with E-state index in [0.29, 0.717) is 11.8 Å². The van der Waals surface area contributed by atoms with Crippen molar-refractivity contribution in [3.8, 4) is 0 Å². The summed E-state index contributed by atoms with van der Waals surface area (Å²) >= 11 is 0. The Morgan fingerprint density at radius 2 is 1.36 bits per heavy atom. The maximum Gasteiger partial charge on any atom is 0.323 e. The van der Waals surface area contributed by atoms with Crippen LogP contribution in [0.15, 0.2) is 29.5 Å². The fourth-order valence-corrected chi connectivity index (χ4v) is 4.61. The van der Waals surface area contributed by atoms with Crippen LogP contribution in [0.2, 0.25) is 0 Å². The summed E-state index contributed by atoms with van der Waals surface area (Å²) in [6.07, 6.45) is 19.1. The zero-order chi connectivity index (χ0) is 20.4. The predicted molar refractivity (Wildman–Crippen MR) is 111 cm³/mol. The van der Waals surface area contributed by atoms with Gasteiger partial charge in [0.2, 0.25) is 0 Å². The molecule has 2 rings (SSSR count).